The van der Waals surface area contributed by atoms with Crippen molar-refractivity contribution in [2.75, 3.05) is 20.3 Å². The average Bonchev–Trinajstić information content (AvgIpc) is 2.32. The fourth-order valence-electron chi connectivity index (χ4n) is 1.57. The standard InChI is InChI=1S/C13H19NO3/c1-9-6-11(4-5-17-13(15)8-14)12(16-3)7-10(9)2/h6-7H,4-5,8,14H2,1-3H3. The SMILES string of the molecule is COc1cc(C)c(C)cc1CCOC(=O)CN. The van der Waals surface area contributed by atoms with Gasteiger partial charge in [0.2, 0.25) is 0 Å². The molecule has 0 fully saturated rings. The first-order valence-corrected chi connectivity index (χ1v) is 5.58. The third-order valence-corrected chi connectivity index (χ3v) is 2.70. The highest BCUT2D eigenvalue weighted by Gasteiger charge is 2.07. The van der Waals surface area contributed by atoms with Gasteiger partial charge in [-0.1, -0.05) is 6.07 Å². The summed E-state index contributed by atoms with van der Waals surface area (Å²) in [6.07, 6.45) is 0.635. The predicted molar refractivity (Wildman–Crippen MR) is 66.2 cm³/mol. The number of ether oxygens (including phenoxy) is 2. The number of nitrogens with two attached hydrogens (primary N) is 1. The average molecular weight is 237 g/mol. The summed E-state index contributed by atoms with van der Waals surface area (Å²) in [5.41, 5.74) is 8.58. The smallest absolute Gasteiger partial charge is 0.319 e. The van der Waals surface area contributed by atoms with Crippen LogP contribution < -0.4 is 10.5 Å². The van der Waals surface area contributed by atoms with E-state index in [4.69, 9.17) is 15.2 Å². The van der Waals surface area contributed by atoms with E-state index < -0.39 is 0 Å². The Bertz CT molecular complexity index is 402. The molecule has 0 aromatic heterocycles. The van der Waals surface area contributed by atoms with Crippen molar-refractivity contribution in [1.82, 2.24) is 0 Å². The second-order valence-corrected chi connectivity index (χ2v) is 3.92. The Morgan fingerprint density at radius 1 is 1.29 bits per heavy atom. The monoisotopic (exact) mass is 237 g/mol. The van der Waals surface area contributed by atoms with Crippen molar-refractivity contribution in [1.29, 1.82) is 0 Å². The van der Waals surface area contributed by atoms with Gasteiger partial charge in [-0.2, -0.15) is 0 Å². The lowest BCUT2D eigenvalue weighted by Crippen LogP contribution is -2.18. The van der Waals surface area contributed by atoms with Gasteiger partial charge in [0.05, 0.1) is 20.3 Å². The van der Waals surface area contributed by atoms with Crippen LogP contribution in [0, 0.1) is 13.8 Å². The summed E-state index contributed by atoms with van der Waals surface area (Å²) in [7, 11) is 1.64. The molecule has 0 radical (unpaired) electrons. The number of aryl methyl sites for hydroxylation is 2. The number of carbonyl (C=O) groups excluding carboxylic acids is 1. The highest BCUT2D eigenvalue weighted by atomic mass is 16.5. The number of hydrogen-bond donors (Lipinski definition) is 1. The minimum Gasteiger partial charge on any atom is -0.496 e. The second kappa shape index (κ2) is 6.25. The number of esters is 1. The minimum absolute atomic E-state index is 0.0793. The lowest BCUT2D eigenvalue weighted by molar-refractivity contribution is -0.141. The first-order chi connectivity index (χ1) is 8.08. The molecule has 17 heavy (non-hydrogen) atoms. The molecule has 94 valence electrons. The van der Waals surface area contributed by atoms with E-state index in [0.29, 0.717) is 13.0 Å². The van der Waals surface area contributed by atoms with Crippen molar-refractivity contribution in [2.45, 2.75) is 20.3 Å². The Balaban J connectivity index is 2.69. The molecule has 0 saturated carbocycles. The van der Waals surface area contributed by atoms with Crippen LogP contribution in [0.15, 0.2) is 12.1 Å². The third-order valence-electron chi connectivity index (χ3n) is 2.70. The molecule has 1 aromatic carbocycles. The van der Waals surface area contributed by atoms with Crippen molar-refractivity contribution >= 4 is 5.97 Å². The summed E-state index contributed by atoms with van der Waals surface area (Å²) in [6.45, 7) is 4.33. The van der Waals surface area contributed by atoms with Crippen molar-refractivity contribution in [2.24, 2.45) is 5.73 Å². The Kier molecular flexibility index (Phi) is 4.97. The molecular weight excluding hydrogens is 218 g/mol. The molecule has 4 heteroatoms. The molecule has 0 atom stereocenters. The van der Waals surface area contributed by atoms with Gasteiger partial charge in [-0.05, 0) is 36.6 Å². The Hall–Kier alpha value is -1.55. The van der Waals surface area contributed by atoms with Crippen LogP contribution in [-0.2, 0) is 16.0 Å². The van der Waals surface area contributed by atoms with E-state index in [0.717, 1.165) is 11.3 Å². The predicted octanol–water partition coefficient (Wildman–Crippen LogP) is 1.36. The molecule has 1 aromatic rings. The Morgan fingerprint density at radius 2 is 1.94 bits per heavy atom. The zero-order chi connectivity index (χ0) is 12.8. The molecule has 2 N–H and O–H groups in total. The highest BCUT2D eigenvalue weighted by molar-refractivity contribution is 5.71. The van der Waals surface area contributed by atoms with Crippen LogP contribution in [0.3, 0.4) is 0 Å². The van der Waals surface area contributed by atoms with Gasteiger partial charge in [-0.15, -0.1) is 0 Å². The van der Waals surface area contributed by atoms with Crippen molar-refractivity contribution in [3.8, 4) is 5.75 Å². The van der Waals surface area contributed by atoms with E-state index in [1.165, 1.54) is 11.1 Å². The fourth-order valence-corrected chi connectivity index (χ4v) is 1.57. The molecule has 0 aliphatic rings. The molecule has 0 unspecified atom stereocenters. The van der Waals surface area contributed by atoms with Gasteiger partial charge in [0.25, 0.3) is 0 Å². The van der Waals surface area contributed by atoms with Crippen LogP contribution >= 0.6 is 0 Å². The number of carbonyl (C=O) groups is 1. The van der Waals surface area contributed by atoms with Crippen molar-refractivity contribution in [3.63, 3.8) is 0 Å². The summed E-state index contributed by atoms with van der Waals surface area (Å²) < 4.78 is 10.2. The summed E-state index contributed by atoms with van der Waals surface area (Å²) >= 11 is 0. The first kappa shape index (κ1) is 13.5. The minimum atomic E-state index is -0.382. The summed E-state index contributed by atoms with van der Waals surface area (Å²) in [5.74, 6) is 0.449. The van der Waals surface area contributed by atoms with Gasteiger partial charge >= 0.3 is 5.97 Å². The Morgan fingerprint density at radius 3 is 2.53 bits per heavy atom. The van der Waals surface area contributed by atoms with Crippen molar-refractivity contribution in [3.05, 3.63) is 28.8 Å². The molecule has 4 nitrogen and oxygen atoms in total. The summed E-state index contributed by atoms with van der Waals surface area (Å²) in [6, 6.07) is 4.06. The van der Waals surface area contributed by atoms with E-state index in [1.807, 2.05) is 19.9 Å². The quantitative estimate of drug-likeness (QED) is 0.785. The summed E-state index contributed by atoms with van der Waals surface area (Å²) in [5, 5.41) is 0. The Labute approximate surface area is 102 Å². The van der Waals surface area contributed by atoms with Gasteiger partial charge in [0.1, 0.15) is 5.75 Å². The fraction of sp³-hybridized carbons (Fsp3) is 0.462. The van der Waals surface area contributed by atoms with E-state index in [1.54, 1.807) is 7.11 Å². The number of benzene rings is 1. The molecule has 0 aliphatic carbocycles. The summed E-state index contributed by atoms with van der Waals surface area (Å²) in [4.78, 5) is 10.9. The topological polar surface area (TPSA) is 61.5 Å². The maximum absolute atomic E-state index is 10.9. The van der Waals surface area contributed by atoms with Crippen LogP contribution in [-0.4, -0.2) is 26.2 Å². The molecule has 0 spiro atoms. The van der Waals surface area contributed by atoms with E-state index in [-0.39, 0.29) is 12.5 Å². The molecule has 0 saturated heterocycles. The van der Waals surface area contributed by atoms with Crippen LogP contribution in [0.5, 0.6) is 5.75 Å². The maximum Gasteiger partial charge on any atom is 0.319 e. The van der Waals surface area contributed by atoms with Gasteiger partial charge in [0, 0.05) is 6.42 Å². The first-order valence-electron chi connectivity index (χ1n) is 5.58. The maximum atomic E-state index is 10.9. The largest absolute Gasteiger partial charge is 0.496 e. The lowest BCUT2D eigenvalue weighted by Gasteiger charge is -2.11. The van der Waals surface area contributed by atoms with Crippen LogP contribution in [0.1, 0.15) is 16.7 Å². The van der Waals surface area contributed by atoms with Gasteiger partial charge in [0.15, 0.2) is 0 Å². The van der Waals surface area contributed by atoms with Crippen LogP contribution in [0.4, 0.5) is 0 Å². The molecule has 1 rings (SSSR count). The second-order valence-electron chi connectivity index (χ2n) is 3.92. The number of hydrogen-bond acceptors (Lipinski definition) is 4. The third kappa shape index (κ3) is 3.75. The normalized spacial score (nSPS) is 10.1. The number of methoxy groups -OCH3 is 1. The van der Waals surface area contributed by atoms with Gasteiger partial charge < -0.3 is 15.2 Å². The van der Waals surface area contributed by atoms with E-state index >= 15 is 0 Å². The van der Waals surface area contributed by atoms with Gasteiger partial charge in [-0.3, -0.25) is 4.79 Å². The lowest BCUT2D eigenvalue weighted by atomic mass is 10.0. The zero-order valence-electron chi connectivity index (χ0n) is 10.6. The zero-order valence-corrected chi connectivity index (χ0v) is 10.6. The molecule has 0 aliphatic heterocycles. The highest BCUT2D eigenvalue weighted by Crippen LogP contribution is 2.23. The van der Waals surface area contributed by atoms with E-state index in [2.05, 4.69) is 6.07 Å². The molecule has 0 amide bonds. The van der Waals surface area contributed by atoms with Crippen molar-refractivity contribution < 1.29 is 14.3 Å². The van der Waals surface area contributed by atoms with E-state index in [9.17, 15) is 4.79 Å². The number of rotatable bonds is 5. The van der Waals surface area contributed by atoms with Gasteiger partial charge in [-0.25, -0.2) is 0 Å². The van der Waals surface area contributed by atoms with Crippen LogP contribution in [0.2, 0.25) is 0 Å². The molecule has 0 heterocycles. The van der Waals surface area contributed by atoms with Crippen LogP contribution in [0.25, 0.3) is 0 Å². The molecular formula is C13H19NO3. The molecule has 0 bridgehead atoms.